The molecule has 29 heteroatoms. The van der Waals surface area contributed by atoms with Gasteiger partial charge in [-0.05, 0) is 43.6 Å². The number of nitrogens with two attached hydrogens (primary N) is 3. The first-order chi connectivity index (χ1) is 32.2. The van der Waals surface area contributed by atoms with Gasteiger partial charge in [0, 0.05) is 54.7 Å². The van der Waals surface area contributed by atoms with E-state index in [1.165, 1.54) is 36.8 Å². The highest BCUT2D eigenvalue weighted by molar-refractivity contribution is 7.98. The summed E-state index contributed by atoms with van der Waals surface area (Å²) in [7, 11) is 0. The quantitative estimate of drug-likeness (QED) is 0.0143. The Kier molecular flexibility index (Phi) is 25.9. The second-order valence-electron chi connectivity index (χ2n) is 15.8. The van der Waals surface area contributed by atoms with Crippen LogP contribution in [0.2, 0.25) is 0 Å². The second kappa shape index (κ2) is 30.3. The molecule has 0 aromatic carbocycles. The molecule has 8 atom stereocenters. The van der Waals surface area contributed by atoms with Gasteiger partial charge in [-0.3, -0.25) is 43.3 Å². The number of thioether (sulfide) groups is 1. The van der Waals surface area contributed by atoms with E-state index in [1.807, 2.05) is 0 Å². The Morgan fingerprint density at radius 3 is 1.54 bits per heavy atom. The fourth-order valence-corrected chi connectivity index (χ4v) is 7.08. The minimum absolute atomic E-state index is 0.000786. The molecule has 0 aliphatic heterocycles. The lowest BCUT2D eigenvalue weighted by atomic mass is 10.0. The van der Waals surface area contributed by atoms with Gasteiger partial charge in [-0.1, -0.05) is 13.8 Å². The summed E-state index contributed by atoms with van der Waals surface area (Å²) in [5.41, 5.74) is 17.5. The Labute approximate surface area is 407 Å². The number of thiol groups is 2. The zero-order chi connectivity index (χ0) is 50.9. The average Bonchev–Trinajstić information content (AvgIpc) is 4.00. The van der Waals surface area contributed by atoms with Crippen molar-refractivity contribution >= 4 is 96.3 Å². The highest BCUT2D eigenvalue weighted by Crippen LogP contribution is 2.11. The van der Waals surface area contributed by atoms with Gasteiger partial charge in [0.2, 0.25) is 41.4 Å². The van der Waals surface area contributed by atoms with E-state index in [9.17, 15) is 53.4 Å². The molecule has 0 aliphatic carbocycles. The summed E-state index contributed by atoms with van der Waals surface area (Å²) >= 11 is 9.36. The van der Waals surface area contributed by atoms with Crippen LogP contribution in [0.1, 0.15) is 57.3 Å². The number of nitrogens with one attached hydrogen (secondary N) is 9. The van der Waals surface area contributed by atoms with Crippen LogP contribution in [0.25, 0.3) is 0 Å². The second-order valence-corrected chi connectivity index (χ2v) is 17.5. The van der Waals surface area contributed by atoms with Crippen molar-refractivity contribution < 1.29 is 53.4 Å². The number of H-pyrrole nitrogens is 2. The van der Waals surface area contributed by atoms with E-state index in [2.05, 4.69) is 87.4 Å². The van der Waals surface area contributed by atoms with E-state index in [0.29, 0.717) is 17.1 Å². The molecule has 0 fully saturated rings. The Morgan fingerprint density at radius 2 is 1.10 bits per heavy atom. The molecule has 0 spiro atoms. The van der Waals surface area contributed by atoms with Gasteiger partial charge in [0.05, 0.1) is 25.1 Å². The number of carboxylic acid groups (broad SMARTS) is 2. The van der Waals surface area contributed by atoms with Crippen molar-refractivity contribution in [2.75, 3.05) is 30.1 Å². The fraction of sp³-hybridized carbons (Fsp3) is 0.590. The van der Waals surface area contributed by atoms with Crippen LogP contribution in [-0.2, 0) is 56.0 Å². The van der Waals surface area contributed by atoms with Gasteiger partial charge in [-0.25, -0.2) is 14.8 Å². The molecule has 0 unspecified atom stereocenters. The predicted molar refractivity (Wildman–Crippen MR) is 256 cm³/mol. The van der Waals surface area contributed by atoms with E-state index in [-0.39, 0.29) is 68.5 Å². The minimum Gasteiger partial charge on any atom is -0.481 e. The molecule has 2 rings (SSSR count). The molecule has 2 aromatic heterocycles. The summed E-state index contributed by atoms with van der Waals surface area (Å²) in [4.78, 5) is 137. The molecule has 26 nitrogen and oxygen atoms in total. The van der Waals surface area contributed by atoms with E-state index in [0.717, 1.165) is 0 Å². The summed E-state index contributed by atoms with van der Waals surface area (Å²) in [5.74, 6) is -9.45. The molecule has 0 saturated carbocycles. The maximum atomic E-state index is 14.4. The number of aromatic nitrogens is 4. The van der Waals surface area contributed by atoms with Gasteiger partial charge >= 0.3 is 11.9 Å². The first-order valence-corrected chi connectivity index (χ1v) is 23.9. The number of carboxylic acids is 2. The van der Waals surface area contributed by atoms with Gasteiger partial charge in [-0.2, -0.15) is 37.0 Å². The molecule has 68 heavy (non-hydrogen) atoms. The van der Waals surface area contributed by atoms with Gasteiger partial charge < -0.3 is 74.6 Å². The molecule has 7 amide bonds. The van der Waals surface area contributed by atoms with Crippen LogP contribution in [0.4, 0.5) is 0 Å². The van der Waals surface area contributed by atoms with E-state index < -0.39 is 108 Å². The topological polar surface area (TPSA) is 426 Å². The number of hydrogen-bond acceptors (Lipinski definition) is 16. The Bertz CT molecular complexity index is 2010. The summed E-state index contributed by atoms with van der Waals surface area (Å²) in [5, 5.41) is 36.4. The minimum atomic E-state index is -1.77. The maximum absolute atomic E-state index is 14.4. The average molecular weight is 1010 g/mol. The fourth-order valence-electron chi connectivity index (χ4n) is 6.20. The summed E-state index contributed by atoms with van der Waals surface area (Å²) in [6.45, 7) is 3.51. The van der Waals surface area contributed by atoms with E-state index >= 15 is 0 Å². The van der Waals surface area contributed by atoms with Crippen LogP contribution in [0.3, 0.4) is 0 Å². The van der Waals surface area contributed by atoms with Crippen LogP contribution in [0.15, 0.2) is 30.0 Å². The number of hydrogen-bond donors (Lipinski definition) is 16. The molecule has 17 N–H and O–H groups in total. The lowest BCUT2D eigenvalue weighted by Crippen LogP contribution is -2.61. The number of carbonyl (C=O) groups excluding carboxylic acids is 7. The first kappa shape index (κ1) is 58.1. The number of aliphatic carboxylic acids is 2. The first-order valence-electron chi connectivity index (χ1n) is 21.2. The third kappa shape index (κ3) is 21.3. The molecule has 2 heterocycles. The predicted octanol–water partition coefficient (Wildman–Crippen LogP) is -4.09. The number of rotatable bonds is 32. The zero-order valence-electron chi connectivity index (χ0n) is 37.7. The van der Waals surface area contributed by atoms with Crippen molar-refractivity contribution in [2.45, 2.75) is 107 Å². The molecule has 2 aromatic rings. The Hall–Kier alpha value is -6.07. The van der Waals surface area contributed by atoms with Gasteiger partial charge in [-0.15, -0.1) is 0 Å². The lowest BCUT2D eigenvalue weighted by Gasteiger charge is -2.28. The smallest absolute Gasteiger partial charge is 0.327 e. The normalized spacial score (nSPS) is 14.6. The largest absolute Gasteiger partial charge is 0.481 e. The molecule has 378 valence electrons. The number of amides is 7. The number of aromatic amines is 2. The van der Waals surface area contributed by atoms with Crippen molar-refractivity contribution in [1.29, 1.82) is 0 Å². The van der Waals surface area contributed by atoms with Crippen molar-refractivity contribution in [2.24, 2.45) is 28.1 Å². The van der Waals surface area contributed by atoms with Crippen LogP contribution >= 0.6 is 37.0 Å². The number of guanidine groups is 1. The summed E-state index contributed by atoms with van der Waals surface area (Å²) < 4.78 is 0. The van der Waals surface area contributed by atoms with Crippen LogP contribution < -0.4 is 54.4 Å². The van der Waals surface area contributed by atoms with E-state index in [1.54, 1.807) is 20.1 Å². The Morgan fingerprint density at radius 1 is 0.662 bits per heavy atom. The zero-order valence-corrected chi connectivity index (χ0v) is 40.3. The number of aliphatic imine (C=N–C) groups is 1. The van der Waals surface area contributed by atoms with Crippen molar-refractivity contribution in [3.63, 3.8) is 0 Å². The van der Waals surface area contributed by atoms with Crippen LogP contribution in [0.5, 0.6) is 0 Å². The summed E-state index contributed by atoms with van der Waals surface area (Å²) in [6, 6.07) is -11.1. The highest BCUT2D eigenvalue weighted by Gasteiger charge is 2.35. The van der Waals surface area contributed by atoms with Gasteiger partial charge in [0.1, 0.15) is 42.3 Å². The lowest BCUT2D eigenvalue weighted by molar-refractivity contribution is -0.143. The highest BCUT2D eigenvalue weighted by atomic mass is 32.2. The third-order valence-electron chi connectivity index (χ3n) is 9.73. The SMILES string of the molecule is CSCC[C@H](NC(=O)[C@@H](N)CS)C(=O)N[C@@H](CCCN=C(N)N)C(=O)N[C@@H](Cc1cnc[nH]1)C(=O)N[C@@H](Cc1cnc[nH]1)C(=O)N[C@@H](CC(C)C)C(=O)N[C@@H](CC(=O)O)C(=O)N[C@@H](CS)C(=O)O. The molecule has 0 aliphatic rings. The molecular formula is C39H63N15O11S3. The number of nitrogens with zero attached hydrogens (tertiary/aromatic N) is 3. The molecular weight excluding hydrogens is 951 g/mol. The number of carbonyl (C=O) groups is 9. The molecule has 0 radical (unpaired) electrons. The summed E-state index contributed by atoms with van der Waals surface area (Å²) in [6.07, 6.45) is 6.14. The third-order valence-corrected chi connectivity index (χ3v) is 11.1. The van der Waals surface area contributed by atoms with Crippen molar-refractivity contribution in [3.8, 4) is 0 Å². The van der Waals surface area contributed by atoms with E-state index in [4.69, 9.17) is 17.2 Å². The van der Waals surface area contributed by atoms with Gasteiger partial charge in [0.25, 0.3) is 0 Å². The molecule has 0 bridgehead atoms. The monoisotopic (exact) mass is 1010 g/mol. The maximum Gasteiger partial charge on any atom is 0.327 e. The van der Waals surface area contributed by atoms with Crippen LogP contribution in [-0.4, -0.2) is 168 Å². The van der Waals surface area contributed by atoms with Crippen molar-refractivity contribution in [1.82, 2.24) is 57.2 Å². The molecule has 0 saturated heterocycles. The van der Waals surface area contributed by atoms with Crippen molar-refractivity contribution in [3.05, 3.63) is 36.4 Å². The number of imidazole rings is 2. The van der Waals surface area contributed by atoms with Gasteiger partial charge in [0.15, 0.2) is 5.96 Å². The standard InChI is InChI=1S/C39H63N15O11S3/c1-19(2)9-25(34(60)53-28(12-30(55)56)37(63)54-29(16-67)38(64)65)50-35(61)27(11-21-14-44-18-47-21)52-36(62)26(10-20-13-43-17-46-20)51-32(58)23(5-4-7-45-39(41)42)49-33(59)24(6-8-68-3)48-31(57)22(40)15-66/h13-14,17-19,22-29,66-67H,4-12,15-16,40H2,1-3H3,(H,43,46)(H,44,47)(H,48,57)(H,49,59)(H,50,61)(H,51,58)(H,52,62)(H,53,60)(H,54,63)(H,55,56)(H,64,65)(H4,41,42,45)/t22-,23-,24-,25-,26-,27-,28-,29-/m0/s1. The van der Waals surface area contributed by atoms with Crippen LogP contribution in [0, 0.1) is 5.92 Å². The Balaban J connectivity index is 2.50.